The van der Waals surface area contributed by atoms with Gasteiger partial charge in [-0.25, -0.2) is 0 Å². The van der Waals surface area contributed by atoms with E-state index in [-0.39, 0.29) is 0 Å². The van der Waals surface area contributed by atoms with Crippen LogP contribution in [-0.2, 0) is 0 Å². The van der Waals surface area contributed by atoms with Crippen LogP contribution >= 0.6 is 38.5 Å². The molecule has 0 aromatic heterocycles. The lowest BCUT2D eigenvalue weighted by Crippen LogP contribution is -2.13. The average molecular weight is 318 g/mol. The van der Waals surface area contributed by atoms with E-state index in [0.717, 1.165) is 16.3 Å². The van der Waals surface area contributed by atoms with E-state index in [1.165, 1.54) is 5.57 Å². The molecule has 0 saturated heterocycles. The molecule has 2 N–H and O–H groups in total. The topological polar surface area (TPSA) is 26.0 Å². The summed E-state index contributed by atoms with van der Waals surface area (Å²) in [5.74, 6) is 0.554. The van der Waals surface area contributed by atoms with Gasteiger partial charge in [0.15, 0.2) is 0 Å². The molecule has 0 aliphatic rings. The summed E-state index contributed by atoms with van der Waals surface area (Å²) in [4.78, 5) is 0. The van der Waals surface area contributed by atoms with Crippen molar-refractivity contribution in [2.75, 3.05) is 16.3 Å². The van der Waals surface area contributed by atoms with Gasteiger partial charge < -0.3 is 5.73 Å². The molecule has 0 bridgehead atoms. The molecule has 0 amide bonds. The molecule has 0 fully saturated rings. The van der Waals surface area contributed by atoms with Crippen LogP contribution in [-0.4, -0.2) is 16.3 Å². The molecule has 10 heavy (non-hydrogen) atoms. The lowest BCUT2D eigenvalue weighted by molar-refractivity contribution is 0.756. The van der Waals surface area contributed by atoms with E-state index in [9.17, 15) is 0 Å². The van der Waals surface area contributed by atoms with Crippen LogP contribution < -0.4 is 5.73 Å². The maximum Gasteiger partial charge on any atom is 0.0239 e. The van der Waals surface area contributed by atoms with E-state index in [1.54, 1.807) is 0 Å². The zero-order valence-corrected chi connectivity index (χ0v) is 9.85. The molecule has 0 rings (SSSR count). The molecule has 1 atom stereocenters. The van der Waals surface area contributed by atoms with Crippen molar-refractivity contribution in [3.8, 4) is 0 Å². The van der Waals surface area contributed by atoms with Crippen molar-refractivity contribution in [3.05, 3.63) is 11.6 Å². The zero-order chi connectivity index (χ0) is 7.98. The highest BCUT2D eigenvalue weighted by atomic mass is 127. The Morgan fingerprint density at radius 1 is 1.80 bits per heavy atom. The molecule has 0 saturated carbocycles. The molecule has 60 valence electrons. The van der Waals surface area contributed by atoms with Gasteiger partial charge in [0.2, 0.25) is 0 Å². The van der Waals surface area contributed by atoms with Crippen LogP contribution in [0, 0.1) is 5.92 Å². The van der Waals surface area contributed by atoms with Crippen molar-refractivity contribution in [2.24, 2.45) is 11.7 Å². The van der Waals surface area contributed by atoms with Gasteiger partial charge in [0.1, 0.15) is 0 Å². The number of rotatable bonds is 4. The SMILES string of the molecule is C/C(=C\C(CN)CI)CBr. The fraction of sp³-hybridized carbons (Fsp3) is 0.714. The molecule has 0 aliphatic heterocycles. The number of halogens is 2. The van der Waals surface area contributed by atoms with Crippen LogP contribution in [0.1, 0.15) is 6.92 Å². The van der Waals surface area contributed by atoms with Crippen molar-refractivity contribution < 1.29 is 0 Å². The number of nitrogens with two attached hydrogens (primary N) is 1. The van der Waals surface area contributed by atoms with Crippen molar-refractivity contribution in [1.82, 2.24) is 0 Å². The van der Waals surface area contributed by atoms with Gasteiger partial charge in [-0.1, -0.05) is 50.2 Å². The Hall–Kier alpha value is 0.910. The van der Waals surface area contributed by atoms with Crippen LogP contribution in [0.25, 0.3) is 0 Å². The third-order valence-electron chi connectivity index (χ3n) is 1.23. The minimum absolute atomic E-state index is 0.554. The van der Waals surface area contributed by atoms with E-state index in [2.05, 4.69) is 51.5 Å². The monoisotopic (exact) mass is 317 g/mol. The molecule has 3 heteroatoms. The fourth-order valence-electron chi connectivity index (χ4n) is 0.622. The van der Waals surface area contributed by atoms with E-state index < -0.39 is 0 Å². The predicted molar refractivity (Wildman–Crippen MR) is 59.0 cm³/mol. The summed E-state index contributed by atoms with van der Waals surface area (Å²) in [6.07, 6.45) is 2.24. The number of hydrogen-bond donors (Lipinski definition) is 1. The third-order valence-corrected chi connectivity index (χ3v) is 3.25. The van der Waals surface area contributed by atoms with Crippen molar-refractivity contribution in [1.29, 1.82) is 0 Å². The number of allylic oxidation sites excluding steroid dienone is 1. The summed E-state index contributed by atoms with van der Waals surface area (Å²) >= 11 is 5.75. The van der Waals surface area contributed by atoms with Gasteiger partial charge in [-0.3, -0.25) is 0 Å². The molecule has 0 radical (unpaired) electrons. The highest BCUT2D eigenvalue weighted by Gasteiger charge is 1.99. The van der Waals surface area contributed by atoms with E-state index in [0.29, 0.717) is 5.92 Å². The molecule has 0 heterocycles. The quantitative estimate of drug-likeness (QED) is 0.481. The first-order chi connectivity index (χ1) is 4.74. The summed E-state index contributed by atoms with van der Waals surface area (Å²) in [6.45, 7) is 2.87. The van der Waals surface area contributed by atoms with Crippen LogP contribution in [0.5, 0.6) is 0 Å². The molecule has 1 nitrogen and oxygen atoms in total. The van der Waals surface area contributed by atoms with E-state index in [1.807, 2.05) is 0 Å². The van der Waals surface area contributed by atoms with E-state index in [4.69, 9.17) is 5.73 Å². The first-order valence-electron chi connectivity index (χ1n) is 3.23. The highest BCUT2D eigenvalue weighted by Crippen LogP contribution is 2.07. The van der Waals surface area contributed by atoms with Gasteiger partial charge in [-0.05, 0) is 19.4 Å². The molecular formula is C7H13BrIN. The number of hydrogen-bond acceptors (Lipinski definition) is 1. The van der Waals surface area contributed by atoms with Gasteiger partial charge in [-0.2, -0.15) is 0 Å². The van der Waals surface area contributed by atoms with Gasteiger partial charge >= 0.3 is 0 Å². The Morgan fingerprint density at radius 3 is 2.70 bits per heavy atom. The van der Waals surface area contributed by atoms with Crippen LogP contribution in [0.3, 0.4) is 0 Å². The van der Waals surface area contributed by atoms with Gasteiger partial charge in [0, 0.05) is 9.76 Å². The number of alkyl halides is 2. The van der Waals surface area contributed by atoms with Crippen molar-refractivity contribution >= 4 is 38.5 Å². The maximum atomic E-state index is 5.52. The molecule has 0 aromatic rings. The zero-order valence-electron chi connectivity index (χ0n) is 6.11. The Bertz CT molecular complexity index is 110. The minimum Gasteiger partial charge on any atom is -0.330 e. The Morgan fingerprint density at radius 2 is 2.40 bits per heavy atom. The smallest absolute Gasteiger partial charge is 0.0239 e. The molecule has 0 aliphatic carbocycles. The molecule has 0 spiro atoms. The fourth-order valence-corrected chi connectivity index (χ4v) is 1.42. The van der Waals surface area contributed by atoms with Crippen LogP contribution in [0.15, 0.2) is 11.6 Å². The summed E-state index contributed by atoms with van der Waals surface area (Å²) in [5.41, 5.74) is 6.89. The third kappa shape index (κ3) is 4.68. The summed E-state index contributed by atoms with van der Waals surface area (Å²) < 4.78 is 1.11. The van der Waals surface area contributed by atoms with Crippen LogP contribution in [0.4, 0.5) is 0 Å². The first-order valence-corrected chi connectivity index (χ1v) is 5.88. The standard InChI is InChI=1S/C7H13BrIN/c1-6(3-8)2-7(4-9)5-10/h2,7H,3-5,10H2,1H3/b6-2+. The van der Waals surface area contributed by atoms with Gasteiger partial charge in [0.05, 0.1) is 0 Å². The average Bonchev–Trinajstić information content (AvgIpc) is 1.99. The van der Waals surface area contributed by atoms with Crippen molar-refractivity contribution in [3.63, 3.8) is 0 Å². The molecular weight excluding hydrogens is 305 g/mol. The van der Waals surface area contributed by atoms with Crippen LogP contribution in [0.2, 0.25) is 0 Å². The predicted octanol–water partition coefficient (Wildman–Crippen LogP) is 2.34. The van der Waals surface area contributed by atoms with E-state index >= 15 is 0 Å². The second-order valence-electron chi connectivity index (χ2n) is 2.30. The normalized spacial score (nSPS) is 15.4. The van der Waals surface area contributed by atoms with Gasteiger partial charge in [0.25, 0.3) is 0 Å². The molecule has 1 unspecified atom stereocenters. The lowest BCUT2D eigenvalue weighted by Gasteiger charge is -2.05. The minimum atomic E-state index is 0.554. The second-order valence-corrected chi connectivity index (χ2v) is 3.74. The van der Waals surface area contributed by atoms with Gasteiger partial charge in [-0.15, -0.1) is 0 Å². The second kappa shape index (κ2) is 6.61. The lowest BCUT2D eigenvalue weighted by atomic mass is 10.1. The largest absolute Gasteiger partial charge is 0.330 e. The first kappa shape index (κ1) is 10.9. The van der Waals surface area contributed by atoms with Crippen molar-refractivity contribution in [2.45, 2.75) is 6.92 Å². The highest BCUT2D eigenvalue weighted by molar-refractivity contribution is 14.1. The molecule has 0 aromatic carbocycles. The Kier molecular flexibility index (Phi) is 7.21. The maximum absolute atomic E-state index is 5.52. The summed E-state index contributed by atoms with van der Waals surface area (Å²) in [7, 11) is 0. The summed E-state index contributed by atoms with van der Waals surface area (Å²) in [6, 6.07) is 0. The Labute approximate surface area is 84.7 Å². The Balaban J connectivity index is 3.80. The summed E-state index contributed by atoms with van der Waals surface area (Å²) in [5, 5.41) is 0.958.